The summed E-state index contributed by atoms with van der Waals surface area (Å²) >= 11 is 0. The maximum Gasteiger partial charge on any atom is 0 e. The van der Waals surface area contributed by atoms with Crippen LogP contribution in [0, 0.1) is 19.9 Å². The summed E-state index contributed by atoms with van der Waals surface area (Å²) in [6, 6.07) is 0. The van der Waals surface area contributed by atoms with Gasteiger partial charge in [-0.05, 0) is 0 Å². The summed E-state index contributed by atoms with van der Waals surface area (Å²) < 4.78 is 0. The van der Waals surface area contributed by atoms with Crippen LogP contribution in [0.1, 0.15) is 0 Å². The third-order valence-electron chi connectivity index (χ3n) is 0. The van der Waals surface area contributed by atoms with Gasteiger partial charge in [0.25, 0.3) is 0 Å². The minimum atomic E-state index is 0. The number of rotatable bonds is 0. The van der Waals surface area contributed by atoms with Gasteiger partial charge >= 0.3 is 0 Å². The van der Waals surface area contributed by atoms with E-state index in [4.69, 9.17) is 30.4 Å². The van der Waals surface area contributed by atoms with Gasteiger partial charge in [0.1, 0.15) is 0 Å². The fourth-order valence-corrected chi connectivity index (χ4v) is 0. The molecule has 0 spiro atoms. The highest BCUT2D eigenvalue weighted by Gasteiger charge is 0.746. The van der Waals surface area contributed by atoms with Gasteiger partial charge < -0.3 is 5.48 Å². The molecule has 0 atom stereocenters. The first kappa shape index (κ1) is 36.3. The summed E-state index contributed by atoms with van der Waals surface area (Å²) in [6.07, 6.45) is 0. The van der Waals surface area contributed by atoms with Gasteiger partial charge in [-0.2, -0.15) is 0 Å². The van der Waals surface area contributed by atoms with Gasteiger partial charge in [-0.15, -0.1) is 0 Å². The first-order valence-corrected chi connectivity index (χ1v) is 0.533. The van der Waals surface area contributed by atoms with E-state index in [9.17, 15) is 0 Å². The van der Waals surface area contributed by atoms with Crippen LogP contribution >= 0.6 is 0 Å². The fourth-order valence-electron chi connectivity index (χ4n) is 0. The van der Waals surface area contributed by atoms with Crippen molar-refractivity contribution in [3.8, 4) is 0 Å². The second-order valence-electron chi connectivity index (χ2n) is 0. The van der Waals surface area contributed by atoms with Crippen molar-refractivity contribution in [1.29, 1.82) is 0 Å². The van der Waals surface area contributed by atoms with Crippen molar-refractivity contribution in [1.82, 2.24) is 0 Å². The Morgan fingerprint density at radius 1 is 0.714 bits per heavy atom. The molecule has 0 aromatic rings. The second kappa shape index (κ2) is 99.9. The van der Waals surface area contributed by atoms with Crippen LogP contribution in [0.3, 0.4) is 0 Å². The summed E-state index contributed by atoms with van der Waals surface area (Å²) in [5, 5.41) is 12.0. The van der Waals surface area contributed by atoms with E-state index in [1.807, 2.05) is 0 Å². The Labute approximate surface area is 37.2 Å². The lowest BCUT2D eigenvalue weighted by molar-refractivity contribution is -0.176. The lowest BCUT2D eigenvalue weighted by Crippen LogP contribution is -1.29. The first-order valence-electron chi connectivity index (χ1n) is 0.533. The molecule has 0 fully saturated rings. The molecule has 7 heteroatoms. The largest absolute Gasteiger partial charge is 0.412 e. The monoisotopic (exact) mass is 116 g/mol. The van der Waals surface area contributed by atoms with E-state index in [2.05, 4.69) is 0 Å². The number of hydrogen-bond acceptors (Lipinski definition) is 6. The van der Waals surface area contributed by atoms with Crippen LogP contribution in [0.15, 0.2) is 0 Å². The molecule has 0 aliphatic carbocycles. The molecule has 0 unspecified atom stereocenters. The van der Waals surface area contributed by atoms with Gasteiger partial charge in [-0.3, -0.25) is 10.5 Å². The molecule has 0 heterocycles. The standard InChI is InChI=1S/H2O2.2O2.H2O/c3*1-2;/h1-2H;;;1H2. The summed E-state index contributed by atoms with van der Waals surface area (Å²) in [5.74, 6) is 0. The van der Waals surface area contributed by atoms with Crippen LogP contribution < -0.4 is 0 Å². The van der Waals surface area contributed by atoms with E-state index in [-0.39, 0.29) is 5.48 Å². The number of hydrogen-bond donors (Lipinski definition) is 2. The van der Waals surface area contributed by atoms with Crippen molar-refractivity contribution in [2.75, 3.05) is 0 Å². The van der Waals surface area contributed by atoms with E-state index < -0.39 is 0 Å². The summed E-state index contributed by atoms with van der Waals surface area (Å²) in [7, 11) is 0. The lowest BCUT2D eigenvalue weighted by Gasteiger charge is -1.25. The molecule has 0 aliphatic heterocycles. The third-order valence-corrected chi connectivity index (χ3v) is 0. The highest BCUT2D eigenvalue weighted by molar-refractivity contribution is 4.08. The Hall–Kier alpha value is -0.920. The Morgan fingerprint density at radius 3 is 0.714 bits per heavy atom. The maximum atomic E-state index is 7.00. The van der Waals surface area contributed by atoms with Crippen LogP contribution in [-0.4, -0.2) is 16.0 Å². The molecular formula is H4O7. The predicted molar refractivity (Wildman–Crippen MR) is 22.3 cm³/mol. The zero-order chi connectivity index (χ0) is 6.00. The Kier molecular flexibility index (Phi) is 518. The molecule has 0 aliphatic rings. The van der Waals surface area contributed by atoms with Crippen LogP contribution in [0.4, 0.5) is 0 Å². The Morgan fingerprint density at radius 2 is 0.714 bits per heavy atom. The molecule has 0 rings (SSSR count). The van der Waals surface area contributed by atoms with Gasteiger partial charge in [0.15, 0.2) is 0 Å². The molecule has 0 saturated heterocycles. The molecule has 4 N–H and O–H groups in total. The van der Waals surface area contributed by atoms with Crippen molar-refractivity contribution in [3.05, 3.63) is 19.9 Å². The zero-order valence-electron chi connectivity index (χ0n) is 3.03. The summed E-state index contributed by atoms with van der Waals surface area (Å²) in [6.45, 7) is 0. The van der Waals surface area contributed by atoms with Gasteiger partial charge in [0.2, 0.25) is 0 Å². The zero-order valence-corrected chi connectivity index (χ0v) is 3.03. The van der Waals surface area contributed by atoms with E-state index in [1.54, 1.807) is 0 Å². The van der Waals surface area contributed by atoms with Crippen LogP contribution in [0.2, 0.25) is 0 Å². The molecule has 0 bridgehead atoms. The molecular weight excluding hydrogens is 112 g/mol. The highest BCUT2D eigenvalue weighted by Crippen LogP contribution is 0.743. The molecule has 0 amide bonds. The molecule has 0 aromatic heterocycles. The fraction of sp³-hybridized carbons (Fsp3) is 0. The molecule has 0 saturated carbocycles. The Balaban J connectivity index is -0.00000000900. The minimum Gasteiger partial charge on any atom is -0.412 e. The van der Waals surface area contributed by atoms with Gasteiger partial charge in [-0.1, -0.05) is 0 Å². The van der Waals surface area contributed by atoms with Gasteiger partial charge in [0, 0.05) is 19.9 Å². The molecule has 7 heavy (non-hydrogen) atoms. The van der Waals surface area contributed by atoms with Crippen molar-refractivity contribution in [2.45, 2.75) is 0 Å². The maximum absolute atomic E-state index is 7.00. The van der Waals surface area contributed by atoms with Crippen LogP contribution in [-0.2, 0) is 0 Å². The molecule has 0 aromatic carbocycles. The van der Waals surface area contributed by atoms with E-state index in [0.717, 1.165) is 0 Å². The smallest absolute Gasteiger partial charge is 0 e. The van der Waals surface area contributed by atoms with Crippen molar-refractivity contribution < 1.29 is 16.0 Å². The average molecular weight is 116 g/mol. The van der Waals surface area contributed by atoms with Crippen molar-refractivity contribution in [2.24, 2.45) is 0 Å². The van der Waals surface area contributed by atoms with E-state index in [1.165, 1.54) is 0 Å². The SMILES string of the molecule is O.O=O.O=O.OO. The third kappa shape index (κ3) is 56.9. The van der Waals surface area contributed by atoms with E-state index >= 15 is 0 Å². The lowest BCUT2D eigenvalue weighted by atomic mass is 15.0. The van der Waals surface area contributed by atoms with Crippen molar-refractivity contribution >= 4 is 0 Å². The molecule has 7 nitrogen and oxygen atoms in total. The van der Waals surface area contributed by atoms with Gasteiger partial charge in [-0.25, -0.2) is 0 Å². The molecule has 46 valence electrons. The summed E-state index contributed by atoms with van der Waals surface area (Å²) in [4.78, 5) is 28.0. The first-order chi connectivity index (χ1) is 3.00. The highest BCUT2D eigenvalue weighted by atomic mass is 17.0. The topological polar surface area (TPSA) is 140 Å². The van der Waals surface area contributed by atoms with E-state index in [0.29, 0.717) is 0 Å². The van der Waals surface area contributed by atoms with Crippen LogP contribution in [0.25, 0.3) is 0 Å². The minimum absolute atomic E-state index is 0. The average Bonchev–Trinajstić information content (AvgIpc) is 1.81. The molecule has 0 radical (unpaired) electrons. The predicted octanol–water partition coefficient (Wildman–Crippen LogP) is -0.673. The Bertz CT molecular complexity index is 2.00. The van der Waals surface area contributed by atoms with Gasteiger partial charge in [0.05, 0.1) is 0 Å². The quantitative estimate of drug-likeness (QED) is 0.317. The second-order valence-corrected chi connectivity index (χ2v) is 0. The van der Waals surface area contributed by atoms with Crippen molar-refractivity contribution in [3.63, 3.8) is 0 Å². The summed E-state index contributed by atoms with van der Waals surface area (Å²) in [5.41, 5.74) is 0. The van der Waals surface area contributed by atoms with Crippen LogP contribution in [0.5, 0.6) is 0 Å². The normalized spacial score (nSPS) is 2.00.